The predicted molar refractivity (Wildman–Crippen MR) is 142 cm³/mol. The van der Waals surface area contributed by atoms with Crippen molar-refractivity contribution in [3.63, 3.8) is 0 Å². The third-order valence-electron chi connectivity index (χ3n) is 6.56. The maximum absolute atomic E-state index is 12.4. The van der Waals surface area contributed by atoms with Gasteiger partial charge in [-0.05, 0) is 35.2 Å². The van der Waals surface area contributed by atoms with E-state index in [1.165, 1.54) is 7.11 Å². The summed E-state index contributed by atoms with van der Waals surface area (Å²) in [5.74, 6) is 2.08. The molecule has 4 rings (SSSR count). The lowest BCUT2D eigenvalue weighted by Gasteiger charge is -2.17. The highest BCUT2D eigenvalue weighted by Gasteiger charge is 2.26. The van der Waals surface area contributed by atoms with Gasteiger partial charge in [0, 0.05) is 18.6 Å². The van der Waals surface area contributed by atoms with Crippen molar-refractivity contribution >= 4 is 16.7 Å². The fraction of sp³-hybridized carbons (Fsp3) is 0.267. The van der Waals surface area contributed by atoms with Crippen molar-refractivity contribution in [3.8, 4) is 34.3 Å². The minimum atomic E-state index is -0.341. The largest absolute Gasteiger partial charge is 0.493 e. The van der Waals surface area contributed by atoms with E-state index in [9.17, 15) is 4.79 Å². The molecule has 37 heavy (non-hydrogen) atoms. The molecule has 0 saturated carbocycles. The zero-order valence-corrected chi connectivity index (χ0v) is 22.1. The van der Waals surface area contributed by atoms with E-state index in [-0.39, 0.29) is 12.4 Å². The van der Waals surface area contributed by atoms with Crippen LogP contribution in [-0.2, 0) is 22.5 Å². The quantitative estimate of drug-likeness (QED) is 0.240. The third-order valence-corrected chi connectivity index (χ3v) is 6.56. The molecule has 1 heterocycles. The van der Waals surface area contributed by atoms with Gasteiger partial charge in [-0.15, -0.1) is 0 Å². The number of hydrogen-bond donors (Lipinski definition) is 0. The van der Waals surface area contributed by atoms with Gasteiger partial charge in [-0.25, -0.2) is 0 Å². The third kappa shape index (κ3) is 5.16. The minimum absolute atomic E-state index is 0.0839. The molecular formula is C30H32NO6+. The standard InChI is InChI=1S/C30H32NO6/c1-19-23-16-28(35-4)26(33-2)13-21(23)12-25(31(19)18-20-10-8-7-9-11-20)24-17-29(36-5)27(34-3)14-22(24)15-30(32)37-6/h7-14,16-17H,15,18H2,1-6H3/q+1. The molecule has 192 valence electrons. The Kier molecular flexibility index (Phi) is 7.82. The van der Waals surface area contributed by atoms with E-state index >= 15 is 0 Å². The van der Waals surface area contributed by atoms with Crippen molar-refractivity contribution < 1.29 is 33.0 Å². The molecule has 1 aromatic heterocycles. The number of esters is 1. The van der Waals surface area contributed by atoms with Crippen molar-refractivity contribution in [2.75, 3.05) is 35.5 Å². The number of aromatic nitrogens is 1. The molecule has 7 heteroatoms. The molecule has 0 unspecified atom stereocenters. The average Bonchev–Trinajstić information content (AvgIpc) is 2.93. The van der Waals surface area contributed by atoms with Gasteiger partial charge in [0.05, 0.1) is 52.9 Å². The maximum atomic E-state index is 12.4. The van der Waals surface area contributed by atoms with Crippen molar-refractivity contribution in [2.24, 2.45) is 0 Å². The van der Waals surface area contributed by atoms with Crippen molar-refractivity contribution in [1.82, 2.24) is 0 Å². The summed E-state index contributed by atoms with van der Waals surface area (Å²) < 4.78 is 29.6. The molecule has 0 aliphatic carbocycles. The Balaban J connectivity index is 2.07. The lowest BCUT2D eigenvalue weighted by atomic mass is 9.96. The van der Waals surface area contributed by atoms with E-state index in [0.29, 0.717) is 29.5 Å². The molecule has 0 atom stereocenters. The molecule has 0 bridgehead atoms. The summed E-state index contributed by atoms with van der Waals surface area (Å²) in [7, 11) is 7.82. The number of benzene rings is 3. The number of carbonyl (C=O) groups excluding carboxylic acids is 1. The molecule has 3 aromatic carbocycles. The van der Waals surface area contributed by atoms with Crippen LogP contribution in [0.1, 0.15) is 16.8 Å². The molecule has 0 fully saturated rings. The molecule has 0 saturated heterocycles. The van der Waals surface area contributed by atoms with Crippen LogP contribution in [0.3, 0.4) is 0 Å². The molecule has 0 radical (unpaired) electrons. The number of ether oxygens (including phenoxy) is 5. The topological polar surface area (TPSA) is 67.1 Å². The fourth-order valence-corrected chi connectivity index (χ4v) is 4.61. The number of carbonyl (C=O) groups is 1. The van der Waals surface area contributed by atoms with Crippen LogP contribution in [0.5, 0.6) is 23.0 Å². The zero-order valence-electron chi connectivity index (χ0n) is 22.1. The Labute approximate surface area is 217 Å². The van der Waals surface area contributed by atoms with Crippen LogP contribution < -0.4 is 23.5 Å². The summed E-state index contributed by atoms with van der Waals surface area (Å²) in [6, 6.07) is 20.1. The van der Waals surface area contributed by atoms with E-state index < -0.39 is 0 Å². The molecular weight excluding hydrogens is 470 g/mol. The van der Waals surface area contributed by atoms with E-state index in [1.54, 1.807) is 28.4 Å². The first-order valence-corrected chi connectivity index (χ1v) is 11.9. The first kappa shape index (κ1) is 25.8. The monoisotopic (exact) mass is 502 g/mol. The lowest BCUT2D eigenvalue weighted by Crippen LogP contribution is -2.40. The molecule has 0 aliphatic heterocycles. The summed E-state index contributed by atoms with van der Waals surface area (Å²) in [6.07, 6.45) is 0.0839. The Hall–Kier alpha value is -4.26. The summed E-state index contributed by atoms with van der Waals surface area (Å²) in [4.78, 5) is 12.4. The second-order valence-electron chi connectivity index (χ2n) is 8.60. The van der Waals surface area contributed by atoms with Crippen LogP contribution in [0, 0.1) is 6.92 Å². The van der Waals surface area contributed by atoms with Gasteiger partial charge in [-0.1, -0.05) is 30.3 Å². The fourth-order valence-electron chi connectivity index (χ4n) is 4.61. The molecule has 0 N–H and O–H groups in total. The number of fused-ring (bicyclic) bond motifs is 1. The first-order valence-electron chi connectivity index (χ1n) is 11.9. The Morgan fingerprint density at radius 3 is 1.97 bits per heavy atom. The average molecular weight is 503 g/mol. The summed E-state index contributed by atoms with van der Waals surface area (Å²) >= 11 is 0. The van der Waals surface area contributed by atoms with Gasteiger partial charge in [-0.3, -0.25) is 4.79 Å². The molecule has 4 aromatic rings. The van der Waals surface area contributed by atoms with Gasteiger partial charge in [0.25, 0.3) is 0 Å². The van der Waals surface area contributed by atoms with Crippen LogP contribution in [-0.4, -0.2) is 41.5 Å². The number of nitrogens with zero attached hydrogens (tertiary/aromatic N) is 1. The highest BCUT2D eigenvalue weighted by Crippen LogP contribution is 2.38. The SMILES string of the molecule is COC(=O)Cc1cc(OC)c(OC)cc1-c1cc2cc(OC)c(OC)cc2c(C)[n+]1Cc1ccccc1. The molecule has 0 spiro atoms. The van der Waals surface area contributed by atoms with Gasteiger partial charge < -0.3 is 23.7 Å². The van der Waals surface area contributed by atoms with Gasteiger partial charge in [-0.2, -0.15) is 4.57 Å². The van der Waals surface area contributed by atoms with Crippen LogP contribution in [0.2, 0.25) is 0 Å². The number of aryl methyl sites for hydroxylation is 1. The molecule has 7 nitrogen and oxygen atoms in total. The number of pyridine rings is 1. The summed E-state index contributed by atoms with van der Waals surface area (Å²) in [5, 5.41) is 2.01. The summed E-state index contributed by atoms with van der Waals surface area (Å²) in [6.45, 7) is 2.71. The van der Waals surface area contributed by atoms with E-state index in [4.69, 9.17) is 23.7 Å². The highest BCUT2D eigenvalue weighted by molar-refractivity contribution is 5.90. The molecule has 0 aliphatic rings. The second-order valence-corrected chi connectivity index (χ2v) is 8.60. The van der Waals surface area contributed by atoms with Gasteiger partial charge in [0.2, 0.25) is 5.69 Å². The zero-order chi connectivity index (χ0) is 26.5. The Bertz CT molecular complexity index is 1430. The van der Waals surface area contributed by atoms with Gasteiger partial charge >= 0.3 is 5.97 Å². The Morgan fingerprint density at radius 1 is 0.757 bits per heavy atom. The number of rotatable bonds is 9. The predicted octanol–water partition coefficient (Wildman–Crippen LogP) is 4.90. The van der Waals surface area contributed by atoms with Crippen LogP contribution in [0.15, 0.2) is 60.7 Å². The van der Waals surface area contributed by atoms with Crippen molar-refractivity contribution in [2.45, 2.75) is 19.9 Å². The van der Waals surface area contributed by atoms with E-state index in [1.807, 2.05) is 42.5 Å². The van der Waals surface area contributed by atoms with E-state index in [0.717, 1.165) is 38.9 Å². The van der Waals surface area contributed by atoms with Gasteiger partial charge in [0.1, 0.15) is 0 Å². The van der Waals surface area contributed by atoms with Crippen LogP contribution in [0.25, 0.3) is 22.0 Å². The van der Waals surface area contributed by atoms with Crippen molar-refractivity contribution in [1.29, 1.82) is 0 Å². The van der Waals surface area contributed by atoms with Gasteiger partial charge in [0.15, 0.2) is 35.2 Å². The van der Waals surface area contributed by atoms with Crippen LogP contribution in [0.4, 0.5) is 0 Å². The minimum Gasteiger partial charge on any atom is -0.493 e. The highest BCUT2D eigenvalue weighted by atomic mass is 16.5. The van der Waals surface area contributed by atoms with Crippen molar-refractivity contribution in [3.05, 3.63) is 77.5 Å². The second kappa shape index (κ2) is 11.2. The summed E-state index contributed by atoms with van der Waals surface area (Å²) in [5.41, 5.74) is 4.72. The smallest absolute Gasteiger partial charge is 0.310 e. The molecule has 0 amide bonds. The first-order chi connectivity index (χ1) is 17.9. The maximum Gasteiger partial charge on any atom is 0.310 e. The number of hydrogen-bond acceptors (Lipinski definition) is 6. The lowest BCUT2D eigenvalue weighted by molar-refractivity contribution is -0.682. The van der Waals surface area contributed by atoms with Crippen LogP contribution >= 0.6 is 0 Å². The Morgan fingerprint density at radius 2 is 1.35 bits per heavy atom. The number of methoxy groups -OCH3 is 5. The normalized spacial score (nSPS) is 10.8. The van der Waals surface area contributed by atoms with E-state index in [2.05, 4.69) is 29.7 Å².